The molecule has 0 aliphatic rings. The summed E-state index contributed by atoms with van der Waals surface area (Å²) >= 11 is 0. The van der Waals surface area contributed by atoms with Crippen LogP contribution in [0.2, 0.25) is 0 Å². The number of hydrogen-bond donors (Lipinski definition) is 2. The number of nitrogens with zero attached hydrogens (tertiary/aromatic N) is 3. The number of amides is 1. The number of hydrogen-bond acceptors (Lipinski definition) is 3. The van der Waals surface area contributed by atoms with E-state index in [0.29, 0.717) is 6.54 Å². The third kappa shape index (κ3) is 3.63. The lowest BCUT2D eigenvalue weighted by molar-refractivity contribution is -0.122. The lowest BCUT2D eigenvalue weighted by atomic mass is 10.0. The third-order valence-corrected chi connectivity index (χ3v) is 5.36. The molecule has 0 aliphatic heterocycles. The van der Waals surface area contributed by atoms with E-state index in [1.807, 2.05) is 69.3 Å². The maximum Gasteiger partial charge on any atom is 0.329 e. The average molecular weight is 406 g/mol. The van der Waals surface area contributed by atoms with Crippen LogP contribution in [0.1, 0.15) is 39.1 Å². The monoisotopic (exact) mass is 405 g/mol. The molecule has 0 spiro atoms. The van der Waals surface area contributed by atoms with Gasteiger partial charge in [-0.1, -0.05) is 45.0 Å². The summed E-state index contributed by atoms with van der Waals surface area (Å²) in [6, 6.07) is 15.1. The molecule has 156 valence electrons. The molecule has 0 unspecified atom stereocenters. The number of aromatic nitrogens is 4. The van der Waals surface area contributed by atoms with Crippen molar-refractivity contribution in [2.45, 2.75) is 46.3 Å². The highest BCUT2D eigenvalue weighted by molar-refractivity contribution is 5.81. The van der Waals surface area contributed by atoms with Gasteiger partial charge in [-0.05, 0) is 36.6 Å². The topological polar surface area (TPSA) is 84.7 Å². The Morgan fingerprint density at radius 3 is 2.40 bits per heavy atom. The van der Waals surface area contributed by atoms with E-state index >= 15 is 0 Å². The highest BCUT2D eigenvalue weighted by atomic mass is 16.2. The van der Waals surface area contributed by atoms with E-state index in [2.05, 4.69) is 15.3 Å². The highest BCUT2D eigenvalue weighted by Crippen LogP contribution is 2.22. The normalized spacial score (nSPS) is 12.7. The summed E-state index contributed by atoms with van der Waals surface area (Å²) < 4.78 is 3.29. The van der Waals surface area contributed by atoms with Crippen LogP contribution in [0.15, 0.2) is 53.3 Å². The Hall–Kier alpha value is -3.35. The van der Waals surface area contributed by atoms with Gasteiger partial charge in [0.15, 0.2) is 0 Å². The van der Waals surface area contributed by atoms with Crippen LogP contribution in [-0.2, 0) is 17.9 Å². The van der Waals surface area contributed by atoms with Gasteiger partial charge in [0.05, 0.1) is 28.1 Å². The minimum atomic E-state index is -0.274. The van der Waals surface area contributed by atoms with Crippen molar-refractivity contribution in [3.05, 3.63) is 64.8 Å². The first-order valence-corrected chi connectivity index (χ1v) is 10.4. The quantitative estimate of drug-likeness (QED) is 0.493. The molecule has 0 radical (unpaired) electrons. The summed E-state index contributed by atoms with van der Waals surface area (Å²) in [7, 11) is 0. The molecule has 2 aromatic carbocycles. The lowest BCUT2D eigenvalue weighted by Crippen LogP contribution is -2.37. The zero-order valence-corrected chi connectivity index (χ0v) is 17.6. The van der Waals surface area contributed by atoms with Crippen molar-refractivity contribution in [2.24, 2.45) is 5.92 Å². The van der Waals surface area contributed by atoms with Gasteiger partial charge >= 0.3 is 5.69 Å². The summed E-state index contributed by atoms with van der Waals surface area (Å²) in [6.07, 6.45) is 0.849. The van der Waals surface area contributed by atoms with E-state index in [1.54, 1.807) is 9.13 Å². The van der Waals surface area contributed by atoms with Gasteiger partial charge in [-0.3, -0.25) is 13.9 Å². The molecule has 0 aliphatic carbocycles. The number of aryl methyl sites for hydroxylation is 1. The number of rotatable bonds is 7. The van der Waals surface area contributed by atoms with Crippen LogP contribution in [0.5, 0.6) is 0 Å². The summed E-state index contributed by atoms with van der Waals surface area (Å²) in [4.78, 5) is 33.9. The molecule has 7 heteroatoms. The van der Waals surface area contributed by atoms with E-state index in [0.717, 1.165) is 34.3 Å². The standard InChI is InChI=1S/C23H27N5O2/c1-4-13-27-18-11-7-8-12-19(18)28(23(27)30)14-20(29)26-21(15(2)3)22-24-16-9-5-6-10-17(16)25-22/h5-12,15,21H,4,13-14H2,1-3H3,(H,24,25)(H,26,29)/t21-/m0/s1. The molecule has 0 saturated heterocycles. The van der Waals surface area contributed by atoms with E-state index in [1.165, 1.54) is 0 Å². The number of aromatic amines is 1. The minimum Gasteiger partial charge on any atom is -0.344 e. The summed E-state index contributed by atoms with van der Waals surface area (Å²) in [6.45, 7) is 6.71. The summed E-state index contributed by atoms with van der Waals surface area (Å²) in [5.41, 5.74) is 3.28. The second kappa shape index (κ2) is 8.18. The Labute approximate surface area is 174 Å². The predicted octanol–water partition coefficient (Wildman–Crippen LogP) is 3.60. The van der Waals surface area contributed by atoms with Gasteiger partial charge < -0.3 is 10.3 Å². The number of H-pyrrole nitrogens is 1. The molecule has 1 amide bonds. The molecule has 1 atom stereocenters. The second-order valence-electron chi connectivity index (χ2n) is 7.94. The SMILES string of the molecule is CCCn1c(=O)n(CC(=O)N[C@H](c2nc3ccccc3[nH]2)C(C)C)c2ccccc21. The van der Waals surface area contributed by atoms with Crippen molar-refractivity contribution in [2.75, 3.05) is 0 Å². The maximum absolute atomic E-state index is 13.0. The highest BCUT2D eigenvalue weighted by Gasteiger charge is 2.23. The van der Waals surface area contributed by atoms with Crippen molar-refractivity contribution >= 4 is 28.0 Å². The second-order valence-corrected chi connectivity index (χ2v) is 7.94. The molecule has 0 saturated carbocycles. The van der Waals surface area contributed by atoms with E-state index < -0.39 is 0 Å². The lowest BCUT2D eigenvalue weighted by Gasteiger charge is -2.20. The zero-order valence-electron chi connectivity index (χ0n) is 17.6. The van der Waals surface area contributed by atoms with Crippen LogP contribution in [0.25, 0.3) is 22.1 Å². The van der Waals surface area contributed by atoms with Gasteiger partial charge in [-0.25, -0.2) is 9.78 Å². The molecule has 2 aromatic heterocycles. The van der Waals surface area contributed by atoms with Crippen LogP contribution in [-0.4, -0.2) is 25.0 Å². The average Bonchev–Trinajstić information content (AvgIpc) is 3.27. The first-order chi connectivity index (χ1) is 14.5. The Bertz CT molecular complexity index is 1210. The molecule has 7 nitrogen and oxygen atoms in total. The first kappa shape index (κ1) is 19.9. The molecule has 2 heterocycles. The minimum absolute atomic E-state index is 0.0283. The first-order valence-electron chi connectivity index (χ1n) is 10.4. The van der Waals surface area contributed by atoms with Crippen LogP contribution < -0.4 is 11.0 Å². The van der Waals surface area contributed by atoms with E-state index in [4.69, 9.17) is 0 Å². The molecule has 2 N–H and O–H groups in total. The fourth-order valence-electron chi connectivity index (χ4n) is 3.90. The van der Waals surface area contributed by atoms with Gasteiger partial charge in [-0.2, -0.15) is 0 Å². The summed E-state index contributed by atoms with van der Waals surface area (Å²) in [5.74, 6) is 0.642. The number of carbonyl (C=O) groups excluding carboxylic acids is 1. The smallest absolute Gasteiger partial charge is 0.329 e. The third-order valence-electron chi connectivity index (χ3n) is 5.36. The Balaban J connectivity index is 1.62. The molecule has 4 rings (SSSR count). The van der Waals surface area contributed by atoms with Crippen molar-refractivity contribution in [3.63, 3.8) is 0 Å². The van der Waals surface area contributed by atoms with Crippen molar-refractivity contribution in [1.29, 1.82) is 0 Å². The Morgan fingerprint density at radius 2 is 1.73 bits per heavy atom. The van der Waals surface area contributed by atoms with Gasteiger partial charge in [-0.15, -0.1) is 0 Å². The van der Waals surface area contributed by atoms with Crippen LogP contribution >= 0.6 is 0 Å². The van der Waals surface area contributed by atoms with Crippen molar-refractivity contribution in [1.82, 2.24) is 24.4 Å². The number of fused-ring (bicyclic) bond motifs is 2. The van der Waals surface area contributed by atoms with Crippen LogP contribution in [0.3, 0.4) is 0 Å². The van der Waals surface area contributed by atoms with Gasteiger partial charge in [0.25, 0.3) is 0 Å². The van der Waals surface area contributed by atoms with E-state index in [-0.39, 0.29) is 30.1 Å². The largest absolute Gasteiger partial charge is 0.344 e. The fourth-order valence-corrected chi connectivity index (χ4v) is 3.90. The number of nitrogens with one attached hydrogen (secondary N) is 2. The van der Waals surface area contributed by atoms with Gasteiger partial charge in [0.1, 0.15) is 12.4 Å². The number of para-hydroxylation sites is 4. The van der Waals surface area contributed by atoms with Crippen molar-refractivity contribution in [3.8, 4) is 0 Å². The van der Waals surface area contributed by atoms with E-state index in [9.17, 15) is 9.59 Å². The van der Waals surface area contributed by atoms with Gasteiger partial charge in [0, 0.05) is 6.54 Å². The maximum atomic E-state index is 13.0. The molecular weight excluding hydrogens is 378 g/mol. The molecule has 4 aromatic rings. The fraction of sp³-hybridized carbons (Fsp3) is 0.348. The molecule has 30 heavy (non-hydrogen) atoms. The molecular formula is C23H27N5O2. The number of benzene rings is 2. The van der Waals surface area contributed by atoms with Crippen molar-refractivity contribution < 1.29 is 4.79 Å². The molecule has 0 bridgehead atoms. The number of carbonyl (C=O) groups is 1. The summed E-state index contributed by atoms with van der Waals surface area (Å²) in [5, 5.41) is 3.07. The van der Waals surface area contributed by atoms with Crippen LogP contribution in [0.4, 0.5) is 0 Å². The Morgan fingerprint density at radius 1 is 1.07 bits per heavy atom. The predicted molar refractivity (Wildman–Crippen MR) is 118 cm³/mol. The zero-order chi connectivity index (χ0) is 21.3. The molecule has 0 fully saturated rings. The Kier molecular flexibility index (Phi) is 5.44. The van der Waals surface area contributed by atoms with Gasteiger partial charge in [0.2, 0.25) is 5.91 Å². The van der Waals surface area contributed by atoms with Crippen LogP contribution in [0, 0.1) is 5.92 Å². The number of imidazole rings is 2.